The molecule has 0 amide bonds. The number of nitrogens with zero attached hydrogens (tertiary/aromatic N) is 1. The van der Waals surface area contributed by atoms with Crippen molar-refractivity contribution in [3.8, 4) is 11.1 Å². The summed E-state index contributed by atoms with van der Waals surface area (Å²) in [4.78, 5) is 4.17. The molecule has 1 heterocycles. The first-order chi connectivity index (χ1) is 8.16. The van der Waals surface area contributed by atoms with Crippen LogP contribution < -0.4 is 5.73 Å². The van der Waals surface area contributed by atoms with Gasteiger partial charge in [-0.15, -0.1) is 0 Å². The number of hydrogen-bond acceptors (Lipinski definition) is 2. The average molecular weight is 226 g/mol. The Kier molecular flexibility index (Phi) is 3.55. The van der Waals surface area contributed by atoms with Crippen LogP contribution in [0.2, 0.25) is 0 Å². The van der Waals surface area contributed by atoms with Gasteiger partial charge in [0.25, 0.3) is 0 Å². The number of nitrogens with two attached hydrogens (primary N) is 1. The van der Waals surface area contributed by atoms with Crippen molar-refractivity contribution in [1.82, 2.24) is 4.98 Å². The van der Waals surface area contributed by atoms with Crippen LogP contribution in [0.1, 0.15) is 18.1 Å². The first-order valence-corrected chi connectivity index (χ1v) is 5.92. The lowest BCUT2D eigenvalue weighted by Crippen LogP contribution is -2.17. The van der Waals surface area contributed by atoms with E-state index in [4.69, 9.17) is 5.73 Å². The number of benzene rings is 1. The van der Waals surface area contributed by atoms with Gasteiger partial charge in [-0.05, 0) is 43.0 Å². The van der Waals surface area contributed by atoms with Gasteiger partial charge in [-0.2, -0.15) is 0 Å². The molecule has 88 valence electrons. The molecule has 0 spiro atoms. The molecular weight excluding hydrogens is 208 g/mol. The molecule has 0 aliphatic carbocycles. The Bertz CT molecular complexity index is 487. The third kappa shape index (κ3) is 2.92. The molecule has 2 aromatic rings. The predicted octanol–water partition coefficient (Wildman–Crippen LogP) is 2.95. The average Bonchev–Trinajstić information content (AvgIpc) is 2.30. The summed E-state index contributed by atoms with van der Waals surface area (Å²) in [7, 11) is 0. The summed E-state index contributed by atoms with van der Waals surface area (Å²) < 4.78 is 0. The summed E-state index contributed by atoms with van der Waals surface area (Å²) in [6.07, 6.45) is 4.66. The molecule has 0 saturated carbocycles. The Morgan fingerprint density at radius 3 is 2.47 bits per heavy atom. The maximum Gasteiger partial charge on any atom is 0.0349 e. The fraction of sp³-hybridized carbons (Fsp3) is 0.267. The summed E-state index contributed by atoms with van der Waals surface area (Å²) in [5.41, 5.74) is 10.7. The number of aryl methyl sites for hydroxylation is 1. The fourth-order valence-corrected chi connectivity index (χ4v) is 1.96. The molecule has 1 unspecified atom stereocenters. The minimum atomic E-state index is 0.209. The van der Waals surface area contributed by atoms with Crippen LogP contribution in [0.4, 0.5) is 0 Å². The fourth-order valence-electron chi connectivity index (χ4n) is 1.96. The predicted molar refractivity (Wildman–Crippen MR) is 71.8 cm³/mol. The van der Waals surface area contributed by atoms with E-state index >= 15 is 0 Å². The van der Waals surface area contributed by atoms with Crippen molar-refractivity contribution in [3.05, 3.63) is 53.9 Å². The smallest absolute Gasteiger partial charge is 0.0349 e. The highest BCUT2D eigenvalue weighted by atomic mass is 14.6. The normalized spacial score (nSPS) is 12.4. The molecule has 2 heteroatoms. The maximum absolute atomic E-state index is 5.79. The quantitative estimate of drug-likeness (QED) is 0.874. The van der Waals surface area contributed by atoms with E-state index in [1.165, 1.54) is 22.3 Å². The maximum atomic E-state index is 5.79. The zero-order valence-corrected chi connectivity index (χ0v) is 10.4. The monoisotopic (exact) mass is 226 g/mol. The van der Waals surface area contributed by atoms with Crippen molar-refractivity contribution in [2.24, 2.45) is 5.73 Å². The minimum Gasteiger partial charge on any atom is -0.328 e. The van der Waals surface area contributed by atoms with E-state index < -0.39 is 0 Å². The van der Waals surface area contributed by atoms with Gasteiger partial charge in [0.2, 0.25) is 0 Å². The first-order valence-electron chi connectivity index (χ1n) is 5.92. The van der Waals surface area contributed by atoms with Gasteiger partial charge in [-0.1, -0.05) is 24.3 Å². The van der Waals surface area contributed by atoms with Crippen molar-refractivity contribution >= 4 is 0 Å². The lowest BCUT2D eigenvalue weighted by molar-refractivity contribution is 0.738. The van der Waals surface area contributed by atoms with Crippen LogP contribution in [0.3, 0.4) is 0 Å². The summed E-state index contributed by atoms with van der Waals surface area (Å²) in [6, 6.07) is 10.8. The second kappa shape index (κ2) is 5.11. The van der Waals surface area contributed by atoms with Gasteiger partial charge in [-0.25, -0.2) is 0 Å². The van der Waals surface area contributed by atoms with Crippen LogP contribution in [0.5, 0.6) is 0 Å². The van der Waals surface area contributed by atoms with Gasteiger partial charge in [-0.3, -0.25) is 4.98 Å². The Balaban J connectivity index is 2.27. The Hall–Kier alpha value is -1.67. The summed E-state index contributed by atoms with van der Waals surface area (Å²) in [6.45, 7) is 4.13. The van der Waals surface area contributed by atoms with Crippen LogP contribution in [-0.2, 0) is 6.42 Å². The molecule has 2 N–H and O–H groups in total. The molecule has 0 aliphatic heterocycles. The Morgan fingerprint density at radius 2 is 1.88 bits per heavy atom. The van der Waals surface area contributed by atoms with Crippen LogP contribution in [-0.4, -0.2) is 11.0 Å². The van der Waals surface area contributed by atoms with Gasteiger partial charge < -0.3 is 5.73 Å². The molecule has 2 rings (SSSR count). The van der Waals surface area contributed by atoms with Crippen molar-refractivity contribution in [2.45, 2.75) is 26.3 Å². The Morgan fingerprint density at radius 1 is 1.18 bits per heavy atom. The molecular formula is C15H18N2. The first kappa shape index (κ1) is 11.8. The SMILES string of the molecule is Cc1ccncc1-c1ccc(CC(C)N)cc1. The van der Waals surface area contributed by atoms with Gasteiger partial charge in [0.05, 0.1) is 0 Å². The zero-order chi connectivity index (χ0) is 12.3. The zero-order valence-electron chi connectivity index (χ0n) is 10.4. The number of pyridine rings is 1. The second-order valence-electron chi connectivity index (χ2n) is 4.57. The molecule has 0 saturated heterocycles. The largest absolute Gasteiger partial charge is 0.328 e. The molecule has 1 aromatic carbocycles. The van der Waals surface area contributed by atoms with Crippen molar-refractivity contribution in [1.29, 1.82) is 0 Å². The van der Waals surface area contributed by atoms with E-state index in [0.717, 1.165) is 6.42 Å². The molecule has 0 radical (unpaired) electrons. The summed E-state index contributed by atoms with van der Waals surface area (Å²) >= 11 is 0. The van der Waals surface area contributed by atoms with E-state index in [9.17, 15) is 0 Å². The molecule has 17 heavy (non-hydrogen) atoms. The molecule has 2 nitrogen and oxygen atoms in total. The summed E-state index contributed by atoms with van der Waals surface area (Å²) in [5.74, 6) is 0. The molecule has 0 bridgehead atoms. The number of rotatable bonds is 3. The van der Waals surface area contributed by atoms with Crippen LogP contribution in [0.25, 0.3) is 11.1 Å². The Labute approximate surface area is 103 Å². The van der Waals surface area contributed by atoms with Gasteiger partial charge in [0.1, 0.15) is 0 Å². The van der Waals surface area contributed by atoms with E-state index in [-0.39, 0.29) is 6.04 Å². The topological polar surface area (TPSA) is 38.9 Å². The van der Waals surface area contributed by atoms with Crippen molar-refractivity contribution in [3.63, 3.8) is 0 Å². The highest BCUT2D eigenvalue weighted by Gasteiger charge is 2.02. The van der Waals surface area contributed by atoms with Gasteiger partial charge in [0, 0.05) is 24.0 Å². The highest BCUT2D eigenvalue weighted by molar-refractivity contribution is 5.66. The van der Waals surface area contributed by atoms with E-state index in [1.54, 1.807) is 0 Å². The van der Waals surface area contributed by atoms with Gasteiger partial charge in [0.15, 0.2) is 0 Å². The third-order valence-electron chi connectivity index (χ3n) is 2.86. The van der Waals surface area contributed by atoms with Crippen molar-refractivity contribution in [2.75, 3.05) is 0 Å². The van der Waals surface area contributed by atoms with Crippen LogP contribution >= 0.6 is 0 Å². The van der Waals surface area contributed by atoms with Crippen LogP contribution in [0.15, 0.2) is 42.7 Å². The standard InChI is InChI=1S/C15H18N2/c1-11-7-8-17-10-15(11)14-5-3-13(4-6-14)9-12(2)16/h3-8,10,12H,9,16H2,1-2H3. The molecule has 0 fully saturated rings. The molecule has 1 aromatic heterocycles. The second-order valence-corrected chi connectivity index (χ2v) is 4.57. The molecule has 1 atom stereocenters. The summed E-state index contributed by atoms with van der Waals surface area (Å²) in [5, 5.41) is 0. The van der Waals surface area contributed by atoms with Crippen molar-refractivity contribution < 1.29 is 0 Å². The van der Waals surface area contributed by atoms with E-state index in [2.05, 4.69) is 36.2 Å². The van der Waals surface area contributed by atoms with E-state index in [1.807, 2.05) is 25.4 Å². The lowest BCUT2D eigenvalue weighted by Gasteiger charge is -2.08. The third-order valence-corrected chi connectivity index (χ3v) is 2.86. The molecule has 0 aliphatic rings. The number of aromatic nitrogens is 1. The number of hydrogen-bond donors (Lipinski definition) is 1. The minimum absolute atomic E-state index is 0.209. The van der Waals surface area contributed by atoms with E-state index in [0.29, 0.717) is 0 Å². The highest BCUT2D eigenvalue weighted by Crippen LogP contribution is 2.22. The van der Waals surface area contributed by atoms with Gasteiger partial charge >= 0.3 is 0 Å². The lowest BCUT2D eigenvalue weighted by atomic mass is 10.00. The van der Waals surface area contributed by atoms with Crippen LogP contribution in [0, 0.1) is 6.92 Å².